The van der Waals surface area contributed by atoms with Gasteiger partial charge < -0.3 is 10.1 Å². The zero-order chi connectivity index (χ0) is 22.3. The Morgan fingerprint density at radius 3 is 2.45 bits per heavy atom. The lowest BCUT2D eigenvalue weighted by Gasteiger charge is -2.21. The number of alkyl halides is 2. The Morgan fingerprint density at radius 1 is 1.13 bits per heavy atom. The lowest BCUT2D eigenvalue weighted by molar-refractivity contribution is -0.119. The van der Waals surface area contributed by atoms with Gasteiger partial charge in [0.1, 0.15) is 12.3 Å². The largest absolute Gasteiger partial charge is 0.435 e. The third kappa shape index (κ3) is 6.22. The molecule has 3 aromatic rings. The van der Waals surface area contributed by atoms with Gasteiger partial charge in [-0.25, -0.2) is 17.7 Å². The van der Waals surface area contributed by atoms with Crippen LogP contribution in [0.1, 0.15) is 5.56 Å². The summed E-state index contributed by atoms with van der Waals surface area (Å²) in [6.07, 6.45) is 1.90. The molecule has 2 aromatic carbocycles. The summed E-state index contributed by atoms with van der Waals surface area (Å²) in [5.74, 6) is -0.444. The van der Waals surface area contributed by atoms with Crippen molar-refractivity contribution in [1.29, 1.82) is 0 Å². The number of halogens is 2. The summed E-state index contributed by atoms with van der Waals surface area (Å²) in [4.78, 5) is 16.5. The molecule has 1 amide bonds. The number of carbonyl (C=O) groups is 1. The smallest absolute Gasteiger partial charge is 0.387 e. The highest BCUT2D eigenvalue weighted by atomic mass is 32.2. The first-order valence-corrected chi connectivity index (χ1v) is 11.5. The molecule has 0 aliphatic rings. The van der Waals surface area contributed by atoms with Gasteiger partial charge in [0.2, 0.25) is 5.91 Å². The highest BCUT2D eigenvalue weighted by Gasteiger charge is 2.28. The van der Waals surface area contributed by atoms with Crippen LogP contribution in [0.15, 0.2) is 71.1 Å². The molecule has 11 heteroatoms. The Hall–Kier alpha value is -3.05. The molecule has 31 heavy (non-hydrogen) atoms. The molecule has 0 atom stereocenters. The first-order valence-electron chi connectivity index (χ1n) is 9.14. The summed E-state index contributed by atoms with van der Waals surface area (Å²) >= 11 is 1.11. The zero-order valence-corrected chi connectivity index (χ0v) is 17.8. The topological polar surface area (TPSA) is 88.6 Å². The van der Waals surface area contributed by atoms with E-state index in [0.29, 0.717) is 6.42 Å². The van der Waals surface area contributed by atoms with E-state index in [1.807, 2.05) is 0 Å². The number of hydrogen-bond donors (Lipinski definition) is 1. The number of anilines is 1. The van der Waals surface area contributed by atoms with Crippen molar-refractivity contribution in [3.8, 4) is 5.75 Å². The van der Waals surface area contributed by atoms with Crippen molar-refractivity contribution in [2.24, 2.45) is 0 Å². The van der Waals surface area contributed by atoms with E-state index in [2.05, 4.69) is 15.0 Å². The highest BCUT2D eigenvalue weighted by molar-refractivity contribution is 7.93. The van der Waals surface area contributed by atoms with E-state index in [-0.39, 0.29) is 22.3 Å². The van der Waals surface area contributed by atoms with Gasteiger partial charge in [-0.2, -0.15) is 8.78 Å². The number of thiazole rings is 1. The van der Waals surface area contributed by atoms with Crippen LogP contribution in [-0.4, -0.2) is 39.0 Å². The van der Waals surface area contributed by atoms with Crippen LogP contribution in [0.4, 0.5) is 13.9 Å². The molecular formula is C20H19F2N3O4S2. The Balaban J connectivity index is 1.61. The number of hydrogen-bond acceptors (Lipinski definition) is 6. The molecule has 1 heterocycles. The SMILES string of the molecule is O=C(CN(c1nccs1)S(=O)(=O)c1ccccc1)NCCc1ccc(OC(F)F)cc1. The summed E-state index contributed by atoms with van der Waals surface area (Å²) in [6, 6.07) is 13.9. The van der Waals surface area contributed by atoms with Crippen LogP contribution in [0, 0.1) is 0 Å². The molecule has 0 saturated heterocycles. The van der Waals surface area contributed by atoms with Gasteiger partial charge >= 0.3 is 6.61 Å². The van der Waals surface area contributed by atoms with Crippen LogP contribution in [0.2, 0.25) is 0 Å². The quantitative estimate of drug-likeness (QED) is 0.494. The molecule has 3 rings (SSSR count). The molecule has 7 nitrogen and oxygen atoms in total. The lowest BCUT2D eigenvalue weighted by atomic mass is 10.1. The van der Waals surface area contributed by atoms with E-state index in [9.17, 15) is 22.0 Å². The summed E-state index contributed by atoms with van der Waals surface area (Å²) in [5, 5.41) is 4.49. The van der Waals surface area contributed by atoms with Crippen LogP contribution in [0.3, 0.4) is 0 Å². The van der Waals surface area contributed by atoms with Crippen molar-refractivity contribution in [1.82, 2.24) is 10.3 Å². The van der Waals surface area contributed by atoms with Crippen LogP contribution in [0.5, 0.6) is 5.75 Å². The predicted octanol–water partition coefficient (Wildman–Crippen LogP) is 3.30. The number of ether oxygens (including phenoxy) is 1. The van der Waals surface area contributed by atoms with Crippen LogP contribution in [-0.2, 0) is 21.2 Å². The molecule has 0 radical (unpaired) electrons. The fourth-order valence-electron chi connectivity index (χ4n) is 2.68. The van der Waals surface area contributed by atoms with Crippen LogP contribution in [0.25, 0.3) is 0 Å². The average Bonchev–Trinajstić information content (AvgIpc) is 3.28. The van der Waals surface area contributed by atoms with E-state index >= 15 is 0 Å². The van der Waals surface area contributed by atoms with Gasteiger partial charge in [0, 0.05) is 18.1 Å². The maximum absolute atomic E-state index is 13.0. The molecule has 0 saturated carbocycles. The second-order valence-corrected chi connectivity index (χ2v) is 9.00. The van der Waals surface area contributed by atoms with E-state index in [0.717, 1.165) is 21.2 Å². The maximum atomic E-state index is 13.0. The number of sulfonamides is 1. The molecule has 0 unspecified atom stereocenters. The highest BCUT2D eigenvalue weighted by Crippen LogP contribution is 2.25. The number of rotatable bonds is 10. The van der Waals surface area contributed by atoms with Crippen molar-refractivity contribution < 1.29 is 26.7 Å². The summed E-state index contributed by atoms with van der Waals surface area (Å²) in [5.41, 5.74) is 0.801. The third-order valence-electron chi connectivity index (χ3n) is 4.14. The third-order valence-corrected chi connectivity index (χ3v) is 6.80. The van der Waals surface area contributed by atoms with E-state index in [1.54, 1.807) is 35.7 Å². The molecule has 164 valence electrons. The lowest BCUT2D eigenvalue weighted by Crippen LogP contribution is -2.41. The summed E-state index contributed by atoms with van der Waals surface area (Å²) < 4.78 is 55.7. The summed E-state index contributed by atoms with van der Waals surface area (Å²) in [7, 11) is -3.97. The fourth-order valence-corrected chi connectivity index (χ4v) is 4.95. The molecule has 0 aliphatic heterocycles. The van der Waals surface area contributed by atoms with E-state index < -0.39 is 29.1 Å². The number of aromatic nitrogens is 1. The number of carbonyl (C=O) groups excluding carboxylic acids is 1. The normalized spacial score (nSPS) is 11.3. The van der Waals surface area contributed by atoms with Gasteiger partial charge in [0.05, 0.1) is 4.90 Å². The molecule has 0 spiro atoms. The van der Waals surface area contributed by atoms with E-state index in [4.69, 9.17) is 0 Å². The molecular weight excluding hydrogens is 448 g/mol. The van der Waals surface area contributed by atoms with Crippen LogP contribution >= 0.6 is 11.3 Å². The fraction of sp³-hybridized carbons (Fsp3) is 0.200. The van der Waals surface area contributed by atoms with Gasteiger partial charge in [0.15, 0.2) is 5.13 Å². The van der Waals surface area contributed by atoms with Gasteiger partial charge in [0.25, 0.3) is 10.0 Å². The second-order valence-electron chi connectivity index (χ2n) is 6.26. The van der Waals surface area contributed by atoms with Crippen molar-refractivity contribution in [3.05, 3.63) is 71.7 Å². The van der Waals surface area contributed by atoms with Crippen LogP contribution < -0.4 is 14.4 Å². The van der Waals surface area contributed by atoms with Gasteiger partial charge in [-0.3, -0.25) is 4.79 Å². The van der Waals surface area contributed by atoms with Gasteiger partial charge in [-0.05, 0) is 36.2 Å². The standard InChI is InChI=1S/C20H19F2N3O4S2/c21-19(22)29-16-8-6-15(7-9-16)10-11-23-18(26)14-25(20-24-12-13-30-20)31(27,28)17-4-2-1-3-5-17/h1-9,12-13,19H,10-11,14H2,(H,23,26). The monoisotopic (exact) mass is 467 g/mol. The molecule has 0 bridgehead atoms. The minimum atomic E-state index is -3.97. The molecule has 0 aliphatic carbocycles. The maximum Gasteiger partial charge on any atom is 0.387 e. The Labute approximate surface area is 182 Å². The predicted molar refractivity (Wildman–Crippen MR) is 113 cm³/mol. The first-order chi connectivity index (χ1) is 14.9. The minimum Gasteiger partial charge on any atom is -0.435 e. The van der Waals surface area contributed by atoms with Crippen molar-refractivity contribution in [2.45, 2.75) is 17.9 Å². The number of nitrogens with one attached hydrogen (secondary N) is 1. The van der Waals surface area contributed by atoms with Crippen molar-refractivity contribution in [3.63, 3.8) is 0 Å². The Kier molecular flexibility index (Phi) is 7.53. The Morgan fingerprint density at radius 2 is 1.84 bits per heavy atom. The average molecular weight is 468 g/mol. The Bertz CT molecular complexity index is 1080. The molecule has 1 aromatic heterocycles. The minimum absolute atomic E-state index is 0.0491. The van der Waals surface area contributed by atoms with Gasteiger partial charge in [-0.1, -0.05) is 30.3 Å². The van der Waals surface area contributed by atoms with Gasteiger partial charge in [-0.15, -0.1) is 11.3 Å². The number of amides is 1. The molecule has 1 N–H and O–H groups in total. The molecule has 0 fully saturated rings. The zero-order valence-electron chi connectivity index (χ0n) is 16.1. The number of benzene rings is 2. The first kappa shape index (κ1) is 22.6. The van der Waals surface area contributed by atoms with E-state index in [1.165, 1.54) is 30.5 Å². The van der Waals surface area contributed by atoms with Crippen molar-refractivity contribution >= 4 is 32.4 Å². The second kappa shape index (κ2) is 10.3. The number of nitrogens with zero attached hydrogens (tertiary/aromatic N) is 2. The summed E-state index contributed by atoms with van der Waals surface area (Å²) in [6.45, 7) is -3.07. The van der Waals surface area contributed by atoms with Crippen molar-refractivity contribution in [2.75, 3.05) is 17.4 Å².